The van der Waals surface area contributed by atoms with Crippen LogP contribution in [0.25, 0.3) is 0 Å². The third kappa shape index (κ3) is 3.16. The van der Waals surface area contributed by atoms with Crippen LogP contribution < -0.4 is 5.32 Å². The zero-order valence-electron chi connectivity index (χ0n) is 10.9. The van der Waals surface area contributed by atoms with Gasteiger partial charge in [0, 0.05) is 12.7 Å². The summed E-state index contributed by atoms with van der Waals surface area (Å²) in [6.45, 7) is 6.10. The summed E-state index contributed by atoms with van der Waals surface area (Å²) in [4.78, 5) is 4.24. The van der Waals surface area contributed by atoms with Crippen molar-refractivity contribution in [3.05, 3.63) is 30.1 Å². The summed E-state index contributed by atoms with van der Waals surface area (Å²) < 4.78 is 1.94. The first-order valence-corrected chi connectivity index (χ1v) is 6.43. The zero-order chi connectivity index (χ0) is 12.8. The molecule has 0 saturated heterocycles. The molecule has 0 fully saturated rings. The van der Waals surface area contributed by atoms with Crippen molar-refractivity contribution in [2.75, 3.05) is 6.54 Å². The third-order valence-corrected chi connectivity index (χ3v) is 2.86. The van der Waals surface area contributed by atoms with Crippen LogP contribution in [0.4, 0.5) is 0 Å². The highest BCUT2D eigenvalue weighted by molar-refractivity contribution is 5.09. The fourth-order valence-electron chi connectivity index (χ4n) is 1.89. The highest BCUT2D eigenvalue weighted by Crippen LogP contribution is 2.14. The number of hydrogen-bond donors (Lipinski definition) is 2. The highest BCUT2D eigenvalue weighted by Gasteiger charge is 2.15. The fourth-order valence-corrected chi connectivity index (χ4v) is 1.89. The van der Waals surface area contributed by atoms with Gasteiger partial charge in [-0.05, 0) is 31.9 Å². The van der Waals surface area contributed by atoms with Gasteiger partial charge < -0.3 is 5.32 Å². The molecule has 0 aromatic carbocycles. The Morgan fingerprint density at radius 3 is 2.94 bits per heavy atom. The zero-order valence-corrected chi connectivity index (χ0v) is 10.9. The Bertz CT molecular complexity index is 447. The lowest BCUT2D eigenvalue weighted by molar-refractivity contribution is 0.506. The molecule has 1 unspecified atom stereocenters. The smallest absolute Gasteiger partial charge is 0.141 e. The molecule has 0 amide bonds. The van der Waals surface area contributed by atoms with Crippen LogP contribution in [-0.4, -0.2) is 31.5 Å². The predicted octanol–water partition coefficient (Wildman–Crippen LogP) is 1.30. The first-order valence-electron chi connectivity index (χ1n) is 6.43. The molecule has 0 spiro atoms. The second kappa shape index (κ2) is 6.30. The monoisotopic (exact) mass is 248 g/mol. The number of hydrogen-bond acceptors (Lipinski definition) is 4. The molecule has 6 heteroatoms. The molecule has 0 aliphatic heterocycles. The summed E-state index contributed by atoms with van der Waals surface area (Å²) in [5.74, 6) is 0.882. The van der Waals surface area contributed by atoms with Gasteiger partial charge in [0.05, 0.1) is 12.2 Å². The minimum atomic E-state index is 0.168. The van der Waals surface area contributed by atoms with E-state index in [1.807, 2.05) is 10.9 Å². The van der Waals surface area contributed by atoms with Crippen LogP contribution in [0.1, 0.15) is 37.7 Å². The van der Waals surface area contributed by atoms with E-state index < -0.39 is 0 Å². The maximum Gasteiger partial charge on any atom is 0.141 e. The summed E-state index contributed by atoms with van der Waals surface area (Å²) in [5.41, 5.74) is 1.21. The number of aromatic nitrogens is 5. The molecule has 2 N–H and O–H groups in total. The third-order valence-electron chi connectivity index (χ3n) is 2.86. The average molecular weight is 248 g/mol. The molecule has 0 bridgehead atoms. The summed E-state index contributed by atoms with van der Waals surface area (Å²) in [7, 11) is 0. The minimum Gasteiger partial charge on any atom is -0.307 e. The lowest BCUT2D eigenvalue weighted by Gasteiger charge is -2.14. The van der Waals surface area contributed by atoms with Crippen LogP contribution in [0.3, 0.4) is 0 Å². The summed E-state index contributed by atoms with van der Waals surface area (Å²) in [6.07, 6.45) is 7.51. The molecule has 2 aromatic heterocycles. The topological polar surface area (TPSA) is 71.4 Å². The number of aromatic amines is 1. The van der Waals surface area contributed by atoms with Gasteiger partial charge in [0.2, 0.25) is 0 Å². The molecule has 2 rings (SSSR count). The van der Waals surface area contributed by atoms with Crippen molar-refractivity contribution >= 4 is 0 Å². The van der Waals surface area contributed by atoms with E-state index in [1.165, 1.54) is 5.56 Å². The van der Waals surface area contributed by atoms with Crippen molar-refractivity contribution in [1.29, 1.82) is 0 Å². The standard InChI is InChI=1S/C12H20N6/c1-3-5-13-11(12-14-9-15-17-12)6-10-7-16-18(4-2)8-10/h7-9,11,13H,3-6H2,1-2H3,(H,14,15,17). The number of rotatable bonds is 7. The number of nitrogens with one attached hydrogen (secondary N) is 2. The van der Waals surface area contributed by atoms with E-state index >= 15 is 0 Å². The molecule has 98 valence electrons. The number of nitrogens with zero attached hydrogens (tertiary/aromatic N) is 4. The van der Waals surface area contributed by atoms with Crippen LogP contribution in [0.2, 0.25) is 0 Å². The summed E-state index contributed by atoms with van der Waals surface area (Å²) >= 11 is 0. The van der Waals surface area contributed by atoms with Gasteiger partial charge in [-0.1, -0.05) is 6.92 Å². The molecular formula is C12H20N6. The van der Waals surface area contributed by atoms with E-state index in [2.05, 4.69) is 45.6 Å². The molecule has 0 radical (unpaired) electrons. The van der Waals surface area contributed by atoms with E-state index in [0.717, 1.165) is 31.8 Å². The Balaban J connectivity index is 2.04. The quantitative estimate of drug-likeness (QED) is 0.775. The minimum absolute atomic E-state index is 0.168. The summed E-state index contributed by atoms with van der Waals surface area (Å²) in [5, 5.41) is 14.6. The van der Waals surface area contributed by atoms with Crippen molar-refractivity contribution < 1.29 is 0 Å². The van der Waals surface area contributed by atoms with Crippen molar-refractivity contribution in [2.45, 2.75) is 39.3 Å². The van der Waals surface area contributed by atoms with Gasteiger partial charge >= 0.3 is 0 Å². The van der Waals surface area contributed by atoms with Gasteiger partial charge in [0.15, 0.2) is 0 Å². The van der Waals surface area contributed by atoms with Crippen LogP contribution in [0.5, 0.6) is 0 Å². The number of aryl methyl sites for hydroxylation is 1. The summed E-state index contributed by atoms with van der Waals surface area (Å²) in [6, 6.07) is 0.168. The average Bonchev–Trinajstić information content (AvgIpc) is 3.05. The SMILES string of the molecule is CCCNC(Cc1cnn(CC)c1)c1ncn[nH]1. The van der Waals surface area contributed by atoms with Crippen LogP contribution >= 0.6 is 0 Å². The lowest BCUT2D eigenvalue weighted by Crippen LogP contribution is -2.25. The van der Waals surface area contributed by atoms with E-state index in [4.69, 9.17) is 0 Å². The second-order valence-corrected chi connectivity index (χ2v) is 4.29. The van der Waals surface area contributed by atoms with Crippen LogP contribution in [0, 0.1) is 0 Å². The largest absolute Gasteiger partial charge is 0.307 e. The molecular weight excluding hydrogens is 228 g/mol. The molecule has 2 heterocycles. The lowest BCUT2D eigenvalue weighted by atomic mass is 10.1. The van der Waals surface area contributed by atoms with Gasteiger partial charge in [-0.3, -0.25) is 9.78 Å². The van der Waals surface area contributed by atoms with Gasteiger partial charge in [-0.25, -0.2) is 4.98 Å². The van der Waals surface area contributed by atoms with Crippen LogP contribution in [-0.2, 0) is 13.0 Å². The maximum absolute atomic E-state index is 4.29. The Kier molecular flexibility index (Phi) is 4.46. The number of H-pyrrole nitrogens is 1. The Hall–Kier alpha value is -1.69. The van der Waals surface area contributed by atoms with E-state index in [1.54, 1.807) is 6.33 Å². The van der Waals surface area contributed by atoms with Crippen molar-refractivity contribution in [3.63, 3.8) is 0 Å². The van der Waals surface area contributed by atoms with E-state index in [9.17, 15) is 0 Å². The van der Waals surface area contributed by atoms with Gasteiger partial charge in [-0.2, -0.15) is 10.2 Å². The fraction of sp³-hybridized carbons (Fsp3) is 0.583. The van der Waals surface area contributed by atoms with Crippen molar-refractivity contribution in [3.8, 4) is 0 Å². The molecule has 2 aromatic rings. The predicted molar refractivity (Wildman–Crippen MR) is 69.0 cm³/mol. The molecule has 1 atom stereocenters. The van der Waals surface area contributed by atoms with Gasteiger partial charge in [-0.15, -0.1) is 0 Å². The van der Waals surface area contributed by atoms with E-state index in [0.29, 0.717) is 0 Å². The molecule has 6 nitrogen and oxygen atoms in total. The first-order chi connectivity index (χ1) is 8.83. The van der Waals surface area contributed by atoms with Crippen molar-refractivity contribution in [1.82, 2.24) is 30.3 Å². The van der Waals surface area contributed by atoms with Gasteiger partial charge in [0.1, 0.15) is 12.2 Å². The Labute approximate surface area is 107 Å². The second-order valence-electron chi connectivity index (χ2n) is 4.29. The first kappa shape index (κ1) is 12.8. The molecule has 0 aliphatic carbocycles. The Morgan fingerprint density at radius 2 is 2.33 bits per heavy atom. The van der Waals surface area contributed by atoms with E-state index in [-0.39, 0.29) is 6.04 Å². The molecule has 18 heavy (non-hydrogen) atoms. The van der Waals surface area contributed by atoms with Gasteiger partial charge in [0.25, 0.3) is 0 Å². The maximum atomic E-state index is 4.29. The molecule has 0 aliphatic rings. The highest BCUT2D eigenvalue weighted by atomic mass is 15.3. The van der Waals surface area contributed by atoms with Crippen LogP contribution in [0.15, 0.2) is 18.7 Å². The normalized spacial score (nSPS) is 12.8. The Morgan fingerprint density at radius 1 is 1.44 bits per heavy atom. The molecule has 0 saturated carbocycles. The van der Waals surface area contributed by atoms with Crippen molar-refractivity contribution in [2.24, 2.45) is 0 Å².